The molecule has 0 unspecified atom stereocenters. The van der Waals surface area contributed by atoms with Crippen LogP contribution in [0.1, 0.15) is 5.76 Å². The molecule has 0 amide bonds. The van der Waals surface area contributed by atoms with E-state index in [1.807, 2.05) is 0 Å². The first-order valence-electron chi connectivity index (χ1n) is 5.78. The van der Waals surface area contributed by atoms with Crippen molar-refractivity contribution >= 4 is 11.0 Å². The summed E-state index contributed by atoms with van der Waals surface area (Å²) in [6.45, 7) is 0.0506. The first kappa shape index (κ1) is 11.7. The molecule has 1 aromatic heterocycles. The molecule has 0 aliphatic carbocycles. The molecule has 3 aromatic rings. The summed E-state index contributed by atoms with van der Waals surface area (Å²) in [6.07, 6.45) is 0. The molecule has 0 radical (unpaired) electrons. The van der Waals surface area contributed by atoms with Crippen molar-refractivity contribution in [3.05, 3.63) is 65.9 Å². The number of hydrogen-bond acceptors (Lipinski definition) is 2. The second kappa shape index (κ2) is 4.72. The van der Waals surface area contributed by atoms with E-state index in [1.165, 1.54) is 18.2 Å². The summed E-state index contributed by atoms with van der Waals surface area (Å²) in [5, 5.41) is 0.398. The van der Waals surface area contributed by atoms with Gasteiger partial charge in [-0.25, -0.2) is 8.78 Å². The molecule has 19 heavy (non-hydrogen) atoms. The Balaban J connectivity index is 1.83. The van der Waals surface area contributed by atoms with Gasteiger partial charge in [-0.05, 0) is 30.3 Å². The molecule has 4 heteroatoms. The van der Waals surface area contributed by atoms with Gasteiger partial charge in [0.15, 0.2) is 11.6 Å². The van der Waals surface area contributed by atoms with E-state index in [1.54, 1.807) is 30.3 Å². The highest BCUT2D eigenvalue weighted by Gasteiger charge is 2.09. The van der Waals surface area contributed by atoms with Gasteiger partial charge in [-0.3, -0.25) is 0 Å². The van der Waals surface area contributed by atoms with E-state index >= 15 is 0 Å². The molecule has 0 saturated carbocycles. The number of benzene rings is 2. The summed E-state index contributed by atoms with van der Waals surface area (Å²) < 4.78 is 37.5. The Morgan fingerprint density at radius 2 is 1.74 bits per heavy atom. The molecule has 2 aromatic carbocycles. The standard InChI is InChI=1S/C15H10F2O2/c16-12-5-3-7-14-11(12)8-10(19-14)9-18-15-6-2-1-4-13(15)17/h1-8H,9H2. The summed E-state index contributed by atoms with van der Waals surface area (Å²) in [4.78, 5) is 0. The van der Waals surface area contributed by atoms with Gasteiger partial charge in [0, 0.05) is 0 Å². The molecule has 3 rings (SSSR count). The lowest BCUT2D eigenvalue weighted by atomic mass is 10.2. The van der Waals surface area contributed by atoms with Gasteiger partial charge in [-0.15, -0.1) is 0 Å². The van der Waals surface area contributed by atoms with Crippen LogP contribution in [0.3, 0.4) is 0 Å². The molecule has 0 aliphatic rings. The van der Waals surface area contributed by atoms with Crippen molar-refractivity contribution in [3.8, 4) is 5.75 Å². The third-order valence-corrected chi connectivity index (χ3v) is 2.77. The molecule has 1 heterocycles. The van der Waals surface area contributed by atoms with Gasteiger partial charge < -0.3 is 9.15 Å². The number of fused-ring (bicyclic) bond motifs is 1. The summed E-state index contributed by atoms with van der Waals surface area (Å²) in [7, 11) is 0. The number of para-hydroxylation sites is 1. The van der Waals surface area contributed by atoms with Crippen molar-refractivity contribution in [1.29, 1.82) is 0 Å². The Kier molecular flexibility index (Phi) is 2.91. The zero-order chi connectivity index (χ0) is 13.2. The number of hydrogen-bond donors (Lipinski definition) is 0. The molecule has 0 aliphatic heterocycles. The van der Waals surface area contributed by atoms with Crippen molar-refractivity contribution < 1.29 is 17.9 Å². The minimum Gasteiger partial charge on any atom is -0.483 e. The highest BCUT2D eigenvalue weighted by atomic mass is 19.1. The molecular formula is C15H10F2O2. The summed E-state index contributed by atoms with van der Waals surface area (Å²) in [5.74, 6) is -0.199. The van der Waals surface area contributed by atoms with Crippen LogP contribution in [0, 0.1) is 11.6 Å². The van der Waals surface area contributed by atoms with Crippen LogP contribution in [0.4, 0.5) is 8.78 Å². The summed E-state index contributed by atoms with van der Waals surface area (Å²) in [5.41, 5.74) is 0.451. The normalized spacial score (nSPS) is 10.8. The van der Waals surface area contributed by atoms with Gasteiger partial charge in [0.25, 0.3) is 0 Å². The summed E-state index contributed by atoms with van der Waals surface area (Å²) in [6, 6.07) is 12.3. The lowest BCUT2D eigenvalue weighted by molar-refractivity contribution is 0.262. The largest absolute Gasteiger partial charge is 0.483 e. The van der Waals surface area contributed by atoms with Crippen molar-refractivity contribution in [2.75, 3.05) is 0 Å². The molecule has 0 atom stereocenters. The maximum Gasteiger partial charge on any atom is 0.165 e. The van der Waals surface area contributed by atoms with Crippen LogP contribution in [0.5, 0.6) is 5.75 Å². The predicted octanol–water partition coefficient (Wildman–Crippen LogP) is 4.29. The van der Waals surface area contributed by atoms with Crippen molar-refractivity contribution in [3.63, 3.8) is 0 Å². The Labute approximate surface area is 108 Å². The first-order valence-corrected chi connectivity index (χ1v) is 5.78. The van der Waals surface area contributed by atoms with Crippen LogP contribution < -0.4 is 4.74 Å². The highest BCUT2D eigenvalue weighted by Crippen LogP contribution is 2.23. The zero-order valence-corrected chi connectivity index (χ0v) is 9.90. The Morgan fingerprint density at radius 3 is 2.53 bits per heavy atom. The van der Waals surface area contributed by atoms with Gasteiger partial charge >= 0.3 is 0 Å². The van der Waals surface area contributed by atoms with E-state index < -0.39 is 5.82 Å². The third kappa shape index (κ3) is 2.29. The average Bonchev–Trinajstić information content (AvgIpc) is 2.82. The topological polar surface area (TPSA) is 22.4 Å². The Morgan fingerprint density at radius 1 is 0.947 bits per heavy atom. The molecule has 0 bridgehead atoms. The van der Waals surface area contributed by atoms with Gasteiger partial charge in [0.1, 0.15) is 23.8 Å². The number of ether oxygens (including phenoxy) is 1. The smallest absolute Gasteiger partial charge is 0.165 e. The molecule has 0 fully saturated rings. The van der Waals surface area contributed by atoms with E-state index in [0.29, 0.717) is 16.7 Å². The van der Waals surface area contributed by atoms with E-state index in [4.69, 9.17) is 9.15 Å². The Hall–Kier alpha value is -2.36. The Bertz CT molecular complexity index is 719. The van der Waals surface area contributed by atoms with E-state index in [9.17, 15) is 8.78 Å². The average molecular weight is 260 g/mol. The van der Waals surface area contributed by atoms with Crippen LogP contribution in [0.25, 0.3) is 11.0 Å². The number of rotatable bonds is 3. The highest BCUT2D eigenvalue weighted by molar-refractivity contribution is 5.78. The van der Waals surface area contributed by atoms with Crippen LogP contribution in [-0.4, -0.2) is 0 Å². The van der Waals surface area contributed by atoms with Gasteiger partial charge in [0.05, 0.1) is 5.39 Å². The van der Waals surface area contributed by atoms with Crippen molar-refractivity contribution in [2.45, 2.75) is 6.61 Å². The van der Waals surface area contributed by atoms with Gasteiger partial charge in [-0.2, -0.15) is 0 Å². The quantitative estimate of drug-likeness (QED) is 0.701. The van der Waals surface area contributed by atoms with Crippen molar-refractivity contribution in [1.82, 2.24) is 0 Å². The van der Waals surface area contributed by atoms with Crippen LogP contribution in [0.15, 0.2) is 52.9 Å². The lowest BCUT2D eigenvalue weighted by Crippen LogP contribution is -1.95. The minimum absolute atomic E-state index is 0.0506. The van der Waals surface area contributed by atoms with E-state index in [0.717, 1.165) is 0 Å². The maximum absolute atomic E-state index is 13.5. The molecular weight excluding hydrogens is 250 g/mol. The molecule has 0 saturated heterocycles. The number of halogens is 2. The fourth-order valence-corrected chi connectivity index (χ4v) is 1.86. The third-order valence-electron chi connectivity index (χ3n) is 2.77. The zero-order valence-electron chi connectivity index (χ0n) is 9.90. The SMILES string of the molecule is Fc1ccccc1OCc1cc2c(F)cccc2o1. The van der Waals surface area contributed by atoms with E-state index in [2.05, 4.69) is 0 Å². The van der Waals surface area contributed by atoms with E-state index in [-0.39, 0.29) is 18.2 Å². The molecule has 2 nitrogen and oxygen atoms in total. The molecule has 96 valence electrons. The van der Waals surface area contributed by atoms with Crippen LogP contribution >= 0.6 is 0 Å². The lowest BCUT2D eigenvalue weighted by Gasteiger charge is -2.04. The fourth-order valence-electron chi connectivity index (χ4n) is 1.86. The second-order valence-electron chi connectivity index (χ2n) is 4.08. The second-order valence-corrected chi connectivity index (χ2v) is 4.08. The number of furan rings is 1. The van der Waals surface area contributed by atoms with Crippen molar-refractivity contribution in [2.24, 2.45) is 0 Å². The molecule has 0 N–H and O–H groups in total. The van der Waals surface area contributed by atoms with Gasteiger partial charge in [-0.1, -0.05) is 18.2 Å². The van der Waals surface area contributed by atoms with Gasteiger partial charge in [0.2, 0.25) is 0 Å². The fraction of sp³-hybridized carbons (Fsp3) is 0.0667. The maximum atomic E-state index is 13.5. The minimum atomic E-state index is -0.440. The predicted molar refractivity (Wildman–Crippen MR) is 66.9 cm³/mol. The molecule has 0 spiro atoms. The van der Waals surface area contributed by atoms with Crippen LogP contribution in [0.2, 0.25) is 0 Å². The monoisotopic (exact) mass is 260 g/mol. The summed E-state index contributed by atoms with van der Waals surface area (Å²) >= 11 is 0. The van der Waals surface area contributed by atoms with Crippen LogP contribution in [-0.2, 0) is 6.61 Å². The first-order chi connectivity index (χ1) is 9.24.